The minimum atomic E-state index is -0.793. The zero-order valence-electron chi connectivity index (χ0n) is 24.0. The largest absolute Gasteiger partial charge is 0.497 e. The number of halogens is 1. The highest BCUT2D eigenvalue weighted by Gasteiger charge is 2.42. The number of hydrogen-bond acceptors (Lipinski definition) is 4. The number of urea groups is 1. The lowest BCUT2D eigenvalue weighted by atomic mass is 9.92. The zero-order chi connectivity index (χ0) is 29.5. The first kappa shape index (κ1) is 29.1. The Morgan fingerprint density at radius 1 is 0.952 bits per heavy atom. The van der Waals surface area contributed by atoms with Crippen LogP contribution in [0.1, 0.15) is 55.9 Å². The maximum absolute atomic E-state index is 13.6. The Kier molecular flexibility index (Phi) is 9.39. The quantitative estimate of drug-likeness (QED) is 0.171. The molecule has 1 aliphatic rings. The molecule has 0 spiro atoms. The fraction of sp³-hybridized carbons (Fsp3) is 0.286. The van der Waals surface area contributed by atoms with E-state index in [1.54, 1.807) is 24.1 Å². The third-order valence-electron chi connectivity index (χ3n) is 7.74. The molecule has 4 aromatic carbocycles. The molecule has 42 heavy (non-hydrogen) atoms. The number of rotatable bonds is 12. The van der Waals surface area contributed by atoms with Gasteiger partial charge >= 0.3 is 6.03 Å². The molecule has 2 amide bonds. The van der Waals surface area contributed by atoms with Crippen molar-refractivity contribution >= 4 is 11.7 Å². The molecule has 7 heteroatoms. The van der Waals surface area contributed by atoms with Crippen molar-refractivity contribution in [2.45, 2.75) is 50.8 Å². The highest BCUT2D eigenvalue weighted by molar-refractivity contribution is 5.96. The van der Waals surface area contributed by atoms with Crippen LogP contribution in [0.25, 0.3) is 11.1 Å². The van der Waals surface area contributed by atoms with E-state index in [1.165, 1.54) is 12.1 Å². The normalized spacial score (nSPS) is 17.1. The van der Waals surface area contributed by atoms with Crippen LogP contribution in [-0.4, -0.2) is 30.9 Å². The maximum atomic E-state index is 13.6. The van der Waals surface area contributed by atoms with Crippen LogP contribution in [0.15, 0.2) is 97.1 Å². The lowest BCUT2D eigenvalue weighted by Gasteiger charge is -2.29. The summed E-state index contributed by atoms with van der Waals surface area (Å²) in [6.45, 7) is 2.66. The van der Waals surface area contributed by atoms with E-state index in [1.807, 2.05) is 60.7 Å². The van der Waals surface area contributed by atoms with E-state index < -0.39 is 12.1 Å². The molecule has 1 saturated heterocycles. The predicted molar refractivity (Wildman–Crippen MR) is 163 cm³/mol. The highest BCUT2D eigenvalue weighted by atomic mass is 19.1. The van der Waals surface area contributed by atoms with E-state index in [9.17, 15) is 14.3 Å². The van der Waals surface area contributed by atoms with Gasteiger partial charge < -0.3 is 19.9 Å². The molecule has 0 saturated carbocycles. The average Bonchev–Trinajstić information content (AvgIpc) is 3.36. The molecule has 0 bridgehead atoms. The van der Waals surface area contributed by atoms with Crippen LogP contribution in [0.4, 0.5) is 14.9 Å². The molecule has 1 fully saturated rings. The van der Waals surface area contributed by atoms with Crippen molar-refractivity contribution in [2.24, 2.45) is 0 Å². The third-order valence-corrected chi connectivity index (χ3v) is 7.74. The molecule has 218 valence electrons. The summed E-state index contributed by atoms with van der Waals surface area (Å²) in [5.74, 6) is 0.988. The molecule has 5 rings (SSSR count). The summed E-state index contributed by atoms with van der Waals surface area (Å²) in [5.41, 5.74) is 4.41. The highest BCUT2D eigenvalue weighted by Crippen LogP contribution is 2.42. The Morgan fingerprint density at radius 3 is 2.36 bits per heavy atom. The van der Waals surface area contributed by atoms with Crippen molar-refractivity contribution in [1.29, 1.82) is 0 Å². The van der Waals surface area contributed by atoms with Gasteiger partial charge in [0.05, 0.1) is 31.9 Å². The number of amides is 2. The van der Waals surface area contributed by atoms with Crippen molar-refractivity contribution in [3.05, 3.63) is 114 Å². The minimum absolute atomic E-state index is 0.218. The molecule has 2 N–H and O–H groups in total. The van der Waals surface area contributed by atoms with E-state index in [4.69, 9.17) is 9.47 Å². The number of methoxy groups -OCH3 is 1. The summed E-state index contributed by atoms with van der Waals surface area (Å²) in [4.78, 5) is 15.4. The summed E-state index contributed by atoms with van der Waals surface area (Å²) in [6, 6.07) is 28.7. The van der Waals surface area contributed by atoms with Crippen LogP contribution in [-0.2, 0) is 0 Å². The first-order valence-corrected chi connectivity index (χ1v) is 14.5. The predicted octanol–water partition coefficient (Wildman–Crippen LogP) is 7.83. The molecule has 6 nitrogen and oxygen atoms in total. The van der Waals surface area contributed by atoms with Crippen LogP contribution in [0.3, 0.4) is 0 Å². The molecule has 1 heterocycles. The topological polar surface area (TPSA) is 71.0 Å². The molecule has 0 radical (unpaired) electrons. The number of benzene rings is 4. The Bertz CT molecular complexity index is 1460. The van der Waals surface area contributed by atoms with Crippen molar-refractivity contribution in [1.82, 2.24) is 5.32 Å². The number of aliphatic hydroxyl groups is 1. The van der Waals surface area contributed by atoms with Gasteiger partial charge in [-0.2, -0.15) is 0 Å². The number of carbonyl (C=O) groups is 1. The number of aliphatic hydroxyl groups excluding tert-OH is 1. The second-order valence-electron chi connectivity index (χ2n) is 10.5. The van der Waals surface area contributed by atoms with Gasteiger partial charge in [0.1, 0.15) is 17.3 Å². The summed E-state index contributed by atoms with van der Waals surface area (Å²) >= 11 is 0. The fourth-order valence-corrected chi connectivity index (χ4v) is 5.45. The van der Waals surface area contributed by atoms with Crippen molar-refractivity contribution < 1.29 is 23.8 Å². The number of anilines is 1. The zero-order valence-corrected chi connectivity index (χ0v) is 24.0. The number of ether oxygens (including phenoxy) is 2. The van der Waals surface area contributed by atoms with E-state index in [-0.39, 0.29) is 17.9 Å². The number of unbranched alkanes of at least 4 members (excludes halogenated alkanes) is 1. The van der Waals surface area contributed by atoms with Gasteiger partial charge in [-0.1, -0.05) is 67.9 Å². The Balaban J connectivity index is 1.48. The average molecular weight is 569 g/mol. The number of nitrogens with zero attached hydrogens (tertiary/aromatic N) is 1. The molecule has 4 aromatic rings. The van der Waals surface area contributed by atoms with Crippen molar-refractivity contribution in [3.63, 3.8) is 0 Å². The lowest BCUT2D eigenvalue weighted by Crippen LogP contribution is -2.30. The molecular formula is C35H37FN2O4. The number of nitrogens with one attached hydrogen (secondary N) is 1. The third kappa shape index (κ3) is 6.58. The molecular weight excluding hydrogens is 531 g/mol. The van der Waals surface area contributed by atoms with Crippen LogP contribution in [0, 0.1) is 5.82 Å². The van der Waals surface area contributed by atoms with Gasteiger partial charge in [0.25, 0.3) is 0 Å². The van der Waals surface area contributed by atoms with E-state index in [2.05, 4.69) is 24.4 Å². The Morgan fingerprint density at radius 2 is 1.67 bits per heavy atom. The summed E-state index contributed by atoms with van der Waals surface area (Å²) in [7, 11) is 1.62. The van der Waals surface area contributed by atoms with Crippen LogP contribution in [0.2, 0.25) is 0 Å². The number of carbonyl (C=O) groups excluding carboxylic acids is 1. The smallest absolute Gasteiger partial charge is 0.322 e. The standard InChI is InChI=1S/C35H37FN2O4/c1-3-4-22-42-33-23-29(41-2)18-19-30(33)34-31(20-21-32(39)26-10-14-27(36)15-11-26)37-35(40)38(34)28-16-12-25(13-17-28)24-8-6-5-7-9-24/h5-19,23,31-32,34,39H,3-4,20-22H2,1-2H3,(H,37,40)/t31-,32-,34+/m0/s1. The van der Waals surface area contributed by atoms with Gasteiger partial charge in [-0.3, -0.25) is 4.90 Å². The second-order valence-corrected chi connectivity index (χ2v) is 10.5. The summed E-state index contributed by atoms with van der Waals surface area (Å²) in [5, 5.41) is 14.1. The Hall–Kier alpha value is -4.36. The van der Waals surface area contributed by atoms with Gasteiger partial charge in [0.2, 0.25) is 0 Å². The molecule has 0 aromatic heterocycles. The van der Waals surface area contributed by atoms with Gasteiger partial charge in [0, 0.05) is 17.3 Å². The van der Waals surface area contributed by atoms with Crippen LogP contribution < -0.4 is 19.7 Å². The minimum Gasteiger partial charge on any atom is -0.497 e. The second kappa shape index (κ2) is 13.5. The fourth-order valence-electron chi connectivity index (χ4n) is 5.45. The van der Waals surface area contributed by atoms with E-state index >= 15 is 0 Å². The first-order valence-electron chi connectivity index (χ1n) is 14.5. The van der Waals surface area contributed by atoms with Crippen LogP contribution >= 0.6 is 0 Å². The molecule has 3 atom stereocenters. The van der Waals surface area contributed by atoms with Gasteiger partial charge in [-0.15, -0.1) is 0 Å². The Labute approximate surface area is 246 Å². The molecule has 1 aliphatic heterocycles. The van der Waals surface area contributed by atoms with Gasteiger partial charge in [-0.25, -0.2) is 9.18 Å². The monoisotopic (exact) mass is 568 g/mol. The SMILES string of the molecule is CCCCOc1cc(OC)ccc1[C@@H]1[C@H](CC[C@H](O)c2ccc(F)cc2)NC(=O)N1c1ccc(-c2ccccc2)cc1. The first-order chi connectivity index (χ1) is 20.5. The van der Waals surface area contributed by atoms with E-state index in [0.29, 0.717) is 36.5 Å². The van der Waals surface area contributed by atoms with Crippen molar-refractivity contribution in [2.75, 3.05) is 18.6 Å². The van der Waals surface area contributed by atoms with Gasteiger partial charge in [-0.05, 0) is 72.4 Å². The molecule has 0 aliphatic carbocycles. The van der Waals surface area contributed by atoms with Crippen LogP contribution in [0.5, 0.6) is 11.5 Å². The number of hydrogen-bond donors (Lipinski definition) is 2. The maximum Gasteiger partial charge on any atom is 0.322 e. The molecule has 0 unspecified atom stereocenters. The lowest BCUT2D eigenvalue weighted by molar-refractivity contribution is 0.159. The van der Waals surface area contributed by atoms with Gasteiger partial charge in [0.15, 0.2) is 0 Å². The summed E-state index contributed by atoms with van der Waals surface area (Å²) < 4.78 is 25.2. The van der Waals surface area contributed by atoms with Crippen molar-refractivity contribution in [3.8, 4) is 22.6 Å². The van der Waals surface area contributed by atoms with E-state index in [0.717, 1.165) is 35.2 Å². The summed E-state index contributed by atoms with van der Waals surface area (Å²) in [6.07, 6.45) is 1.98.